The molecular formula is C21H21N5O4S. The van der Waals surface area contributed by atoms with Crippen LogP contribution in [0.15, 0.2) is 59.4 Å². The molecular weight excluding hydrogens is 418 g/mol. The normalized spacial score (nSPS) is 13.7. The lowest BCUT2D eigenvalue weighted by molar-refractivity contribution is -0.384. The molecule has 4 rings (SSSR count). The Morgan fingerprint density at radius 3 is 2.61 bits per heavy atom. The lowest BCUT2D eigenvalue weighted by atomic mass is 10.2. The highest BCUT2D eigenvalue weighted by atomic mass is 32.1. The third kappa shape index (κ3) is 5.28. The zero-order chi connectivity index (χ0) is 21.6. The van der Waals surface area contributed by atoms with Gasteiger partial charge in [0, 0.05) is 61.1 Å². The summed E-state index contributed by atoms with van der Waals surface area (Å²) < 4.78 is 5.73. The first-order valence-corrected chi connectivity index (χ1v) is 10.7. The average molecular weight is 439 g/mol. The number of nitrogens with one attached hydrogen (secondary N) is 1. The Morgan fingerprint density at radius 1 is 1.16 bits per heavy atom. The van der Waals surface area contributed by atoms with Gasteiger partial charge in [-0.1, -0.05) is 6.07 Å². The van der Waals surface area contributed by atoms with Gasteiger partial charge in [-0.2, -0.15) is 0 Å². The summed E-state index contributed by atoms with van der Waals surface area (Å²) in [6, 6.07) is 13.6. The van der Waals surface area contributed by atoms with E-state index in [0.29, 0.717) is 44.2 Å². The van der Waals surface area contributed by atoms with Crippen molar-refractivity contribution in [3.8, 4) is 5.75 Å². The van der Waals surface area contributed by atoms with E-state index in [1.54, 1.807) is 28.6 Å². The number of hydrogen-bond donors (Lipinski definition) is 1. The van der Waals surface area contributed by atoms with Crippen LogP contribution in [0.25, 0.3) is 0 Å². The molecule has 0 bridgehead atoms. The van der Waals surface area contributed by atoms with Gasteiger partial charge in [-0.25, -0.2) is 9.78 Å². The van der Waals surface area contributed by atoms with Crippen molar-refractivity contribution < 1.29 is 14.5 Å². The fourth-order valence-corrected chi connectivity index (χ4v) is 3.83. The lowest BCUT2D eigenvalue weighted by Crippen LogP contribution is -2.50. The number of nitro groups is 1. The summed E-state index contributed by atoms with van der Waals surface area (Å²) in [5.41, 5.74) is 4.27. The van der Waals surface area contributed by atoms with Crippen molar-refractivity contribution in [1.82, 2.24) is 9.88 Å². The molecule has 2 aromatic carbocycles. The zero-order valence-corrected chi connectivity index (χ0v) is 17.5. The molecule has 160 valence electrons. The maximum atomic E-state index is 12.7. The zero-order valence-electron chi connectivity index (χ0n) is 16.6. The highest BCUT2D eigenvalue weighted by Crippen LogP contribution is 2.22. The molecule has 2 heterocycles. The number of hydrogen-bond acceptors (Lipinski definition) is 7. The minimum absolute atomic E-state index is 0.0690. The molecule has 0 saturated carbocycles. The van der Waals surface area contributed by atoms with Crippen LogP contribution in [0.4, 0.5) is 21.9 Å². The first-order valence-electron chi connectivity index (χ1n) is 9.74. The van der Waals surface area contributed by atoms with Gasteiger partial charge in [-0.05, 0) is 24.3 Å². The van der Waals surface area contributed by atoms with Gasteiger partial charge in [0.15, 0.2) is 0 Å². The van der Waals surface area contributed by atoms with E-state index in [-0.39, 0.29) is 11.7 Å². The number of ether oxygens (including phenoxy) is 1. The highest BCUT2D eigenvalue weighted by molar-refractivity contribution is 7.07. The number of carbonyl (C=O) groups excluding carboxylic acids is 1. The van der Waals surface area contributed by atoms with Crippen molar-refractivity contribution in [2.75, 3.05) is 36.4 Å². The minimum atomic E-state index is -0.412. The molecule has 1 aliphatic rings. The van der Waals surface area contributed by atoms with E-state index in [4.69, 9.17) is 4.74 Å². The third-order valence-electron chi connectivity index (χ3n) is 4.95. The summed E-state index contributed by atoms with van der Waals surface area (Å²) in [4.78, 5) is 31.1. The van der Waals surface area contributed by atoms with E-state index in [2.05, 4.69) is 15.2 Å². The molecule has 9 nitrogen and oxygen atoms in total. The van der Waals surface area contributed by atoms with E-state index in [1.807, 2.05) is 23.6 Å². The average Bonchev–Trinajstić information content (AvgIpc) is 3.32. The third-order valence-corrected chi connectivity index (χ3v) is 5.58. The Morgan fingerprint density at radius 2 is 1.94 bits per heavy atom. The number of amides is 2. The standard InChI is InChI=1S/C21H21N5O4S/c27-21(23-16-2-1-3-20(12-16)30-13-17-14-31-15-22-17)25-10-8-24(9-11-25)18-4-6-19(7-5-18)26(28)29/h1-7,12,14-15H,8-11,13H2,(H,23,27). The second kappa shape index (κ2) is 9.43. The van der Waals surface area contributed by atoms with Crippen LogP contribution in [0, 0.1) is 10.1 Å². The van der Waals surface area contributed by atoms with E-state index in [1.165, 1.54) is 23.5 Å². The monoisotopic (exact) mass is 439 g/mol. The van der Waals surface area contributed by atoms with Crippen LogP contribution in [0.3, 0.4) is 0 Å². The predicted octanol–water partition coefficient (Wildman–Crippen LogP) is 3.98. The highest BCUT2D eigenvalue weighted by Gasteiger charge is 2.22. The van der Waals surface area contributed by atoms with Crippen molar-refractivity contribution in [2.24, 2.45) is 0 Å². The number of thiazole rings is 1. The van der Waals surface area contributed by atoms with Gasteiger partial charge < -0.3 is 19.9 Å². The van der Waals surface area contributed by atoms with Crippen LogP contribution in [0.2, 0.25) is 0 Å². The molecule has 2 amide bonds. The van der Waals surface area contributed by atoms with E-state index in [9.17, 15) is 14.9 Å². The van der Waals surface area contributed by atoms with Crippen LogP contribution in [0.5, 0.6) is 5.75 Å². The van der Waals surface area contributed by atoms with Gasteiger partial charge in [-0.3, -0.25) is 10.1 Å². The van der Waals surface area contributed by atoms with Crippen LogP contribution in [-0.4, -0.2) is 47.0 Å². The number of urea groups is 1. The van der Waals surface area contributed by atoms with Gasteiger partial charge in [0.1, 0.15) is 12.4 Å². The van der Waals surface area contributed by atoms with Crippen LogP contribution >= 0.6 is 11.3 Å². The van der Waals surface area contributed by atoms with Crippen molar-refractivity contribution in [1.29, 1.82) is 0 Å². The summed E-state index contributed by atoms with van der Waals surface area (Å²) in [5.74, 6) is 0.661. The quantitative estimate of drug-likeness (QED) is 0.460. The lowest BCUT2D eigenvalue weighted by Gasteiger charge is -2.36. The van der Waals surface area contributed by atoms with Crippen molar-refractivity contribution in [3.05, 3.63) is 75.2 Å². The number of anilines is 2. The van der Waals surface area contributed by atoms with Gasteiger partial charge in [0.25, 0.3) is 5.69 Å². The fourth-order valence-electron chi connectivity index (χ4n) is 3.29. The molecule has 10 heteroatoms. The van der Waals surface area contributed by atoms with Gasteiger partial charge in [0.05, 0.1) is 16.1 Å². The number of rotatable bonds is 6. The summed E-state index contributed by atoms with van der Waals surface area (Å²) in [5, 5.41) is 15.7. The summed E-state index contributed by atoms with van der Waals surface area (Å²) >= 11 is 1.52. The first-order chi connectivity index (χ1) is 15.1. The molecule has 0 aliphatic carbocycles. The largest absolute Gasteiger partial charge is 0.487 e. The molecule has 0 spiro atoms. The number of benzene rings is 2. The van der Waals surface area contributed by atoms with Crippen molar-refractivity contribution >= 4 is 34.4 Å². The number of non-ortho nitro benzene ring substituents is 1. The number of piperazine rings is 1. The number of nitrogens with zero attached hydrogens (tertiary/aromatic N) is 4. The fraction of sp³-hybridized carbons (Fsp3) is 0.238. The second-order valence-corrected chi connectivity index (χ2v) is 7.69. The van der Waals surface area contributed by atoms with E-state index in [0.717, 1.165) is 11.4 Å². The molecule has 31 heavy (non-hydrogen) atoms. The molecule has 0 unspecified atom stereocenters. The molecule has 1 fully saturated rings. The van der Waals surface area contributed by atoms with Crippen molar-refractivity contribution in [2.45, 2.75) is 6.61 Å². The number of aromatic nitrogens is 1. The Hall–Kier alpha value is -3.66. The van der Waals surface area contributed by atoms with Crippen LogP contribution in [0.1, 0.15) is 5.69 Å². The summed E-state index contributed by atoms with van der Waals surface area (Å²) in [6.07, 6.45) is 0. The smallest absolute Gasteiger partial charge is 0.321 e. The topological polar surface area (TPSA) is 101 Å². The molecule has 1 N–H and O–H groups in total. The summed E-state index contributed by atoms with van der Waals surface area (Å²) in [6.45, 7) is 2.81. The van der Waals surface area contributed by atoms with Crippen LogP contribution in [-0.2, 0) is 6.61 Å². The Kier molecular flexibility index (Phi) is 6.27. The molecule has 1 aliphatic heterocycles. The number of carbonyl (C=O) groups is 1. The SMILES string of the molecule is O=C(Nc1cccc(OCc2cscn2)c1)N1CCN(c2ccc([N+](=O)[O-])cc2)CC1. The first kappa shape index (κ1) is 20.6. The molecule has 3 aromatic rings. The maximum Gasteiger partial charge on any atom is 0.321 e. The van der Waals surface area contributed by atoms with Crippen LogP contribution < -0.4 is 15.0 Å². The van der Waals surface area contributed by atoms with Gasteiger partial charge in [-0.15, -0.1) is 11.3 Å². The molecule has 1 saturated heterocycles. The molecule has 0 radical (unpaired) electrons. The summed E-state index contributed by atoms with van der Waals surface area (Å²) in [7, 11) is 0. The van der Waals surface area contributed by atoms with E-state index < -0.39 is 4.92 Å². The molecule has 1 aromatic heterocycles. The Balaban J connectivity index is 1.29. The predicted molar refractivity (Wildman–Crippen MR) is 119 cm³/mol. The number of nitro benzene ring substituents is 1. The Labute approximate surface area is 183 Å². The second-order valence-electron chi connectivity index (χ2n) is 6.97. The maximum absolute atomic E-state index is 12.7. The van der Waals surface area contributed by atoms with Gasteiger partial charge >= 0.3 is 6.03 Å². The molecule has 0 atom stereocenters. The minimum Gasteiger partial charge on any atom is -0.487 e. The Bertz CT molecular complexity index is 1030. The van der Waals surface area contributed by atoms with Gasteiger partial charge in [0.2, 0.25) is 0 Å². The van der Waals surface area contributed by atoms with Crippen molar-refractivity contribution in [3.63, 3.8) is 0 Å². The van der Waals surface area contributed by atoms with E-state index >= 15 is 0 Å².